The summed E-state index contributed by atoms with van der Waals surface area (Å²) in [5.41, 5.74) is 2.52. The fraction of sp³-hybridized carbons (Fsp3) is 0.348. The summed E-state index contributed by atoms with van der Waals surface area (Å²) in [5.74, 6) is -0.333. The van der Waals surface area contributed by atoms with Gasteiger partial charge in [0, 0.05) is 32.6 Å². The molecule has 0 aliphatic carbocycles. The van der Waals surface area contributed by atoms with Crippen LogP contribution < -0.4 is 0 Å². The maximum absolute atomic E-state index is 12.7. The molecule has 1 aromatic carbocycles. The van der Waals surface area contributed by atoms with Crippen molar-refractivity contribution >= 4 is 17.9 Å². The van der Waals surface area contributed by atoms with E-state index in [4.69, 9.17) is 0 Å². The SMILES string of the molecule is C/C=C/c1ccc([C@H]2[C@@H](CN(C)C(=O)c3ccccn3)N(C(C)=O)[C@H]2CO)cc1. The van der Waals surface area contributed by atoms with Gasteiger partial charge < -0.3 is 14.9 Å². The minimum absolute atomic E-state index is 0.0393. The first-order valence-electron chi connectivity index (χ1n) is 9.76. The number of rotatable bonds is 6. The number of allylic oxidation sites excluding steroid dienone is 1. The molecule has 1 saturated heterocycles. The van der Waals surface area contributed by atoms with E-state index in [-0.39, 0.29) is 36.4 Å². The molecule has 1 aliphatic rings. The number of aliphatic hydroxyl groups excluding tert-OH is 1. The molecule has 152 valence electrons. The predicted octanol–water partition coefficient (Wildman–Crippen LogP) is 2.56. The number of pyridine rings is 1. The van der Waals surface area contributed by atoms with Gasteiger partial charge in [0.2, 0.25) is 5.91 Å². The quantitative estimate of drug-likeness (QED) is 0.819. The molecule has 6 nitrogen and oxygen atoms in total. The molecule has 0 bridgehead atoms. The average Bonchev–Trinajstić information content (AvgIpc) is 2.72. The number of hydrogen-bond acceptors (Lipinski definition) is 4. The van der Waals surface area contributed by atoms with Crippen molar-refractivity contribution in [3.63, 3.8) is 0 Å². The molecule has 0 saturated carbocycles. The molecule has 1 fully saturated rings. The summed E-state index contributed by atoms with van der Waals surface area (Å²) < 4.78 is 0. The maximum atomic E-state index is 12.7. The molecule has 2 amide bonds. The summed E-state index contributed by atoms with van der Waals surface area (Å²) in [6, 6.07) is 12.9. The Morgan fingerprint density at radius 1 is 1.17 bits per heavy atom. The molecule has 3 rings (SSSR count). The molecule has 2 heterocycles. The van der Waals surface area contributed by atoms with Gasteiger partial charge in [0.15, 0.2) is 0 Å². The average molecular weight is 393 g/mol. The van der Waals surface area contributed by atoms with E-state index in [1.807, 2.05) is 43.3 Å². The van der Waals surface area contributed by atoms with Crippen molar-refractivity contribution in [3.8, 4) is 0 Å². The number of aromatic nitrogens is 1. The Kier molecular flexibility index (Phi) is 6.44. The predicted molar refractivity (Wildman–Crippen MR) is 112 cm³/mol. The van der Waals surface area contributed by atoms with Crippen LogP contribution in [-0.4, -0.2) is 64.0 Å². The van der Waals surface area contributed by atoms with E-state index in [1.165, 1.54) is 6.92 Å². The van der Waals surface area contributed by atoms with Crippen LogP contribution in [0.15, 0.2) is 54.7 Å². The van der Waals surface area contributed by atoms with Crippen molar-refractivity contribution in [2.75, 3.05) is 20.2 Å². The van der Waals surface area contributed by atoms with Crippen LogP contribution in [0.5, 0.6) is 0 Å². The van der Waals surface area contributed by atoms with Crippen molar-refractivity contribution in [2.24, 2.45) is 0 Å². The summed E-state index contributed by atoms with van der Waals surface area (Å²) in [6.45, 7) is 3.72. The summed E-state index contributed by atoms with van der Waals surface area (Å²) in [4.78, 5) is 32.3. The van der Waals surface area contributed by atoms with Crippen LogP contribution in [-0.2, 0) is 4.79 Å². The Balaban J connectivity index is 1.84. The van der Waals surface area contributed by atoms with Gasteiger partial charge in [-0.25, -0.2) is 0 Å². The number of carbonyl (C=O) groups excluding carboxylic acids is 2. The topological polar surface area (TPSA) is 73.7 Å². The Bertz CT molecular complexity index is 880. The van der Waals surface area contributed by atoms with Crippen LogP contribution in [0.3, 0.4) is 0 Å². The number of carbonyl (C=O) groups is 2. The van der Waals surface area contributed by atoms with E-state index in [9.17, 15) is 14.7 Å². The highest BCUT2D eigenvalue weighted by Gasteiger charge is 2.50. The molecule has 29 heavy (non-hydrogen) atoms. The van der Waals surface area contributed by atoms with Crippen LogP contribution in [0, 0.1) is 0 Å². The summed E-state index contributed by atoms with van der Waals surface area (Å²) in [5, 5.41) is 9.92. The molecule has 2 aromatic rings. The zero-order valence-corrected chi connectivity index (χ0v) is 17.0. The summed E-state index contributed by atoms with van der Waals surface area (Å²) in [6.07, 6.45) is 5.59. The number of hydrogen-bond donors (Lipinski definition) is 1. The summed E-state index contributed by atoms with van der Waals surface area (Å²) >= 11 is 0. The van der Waals surface area contributed by atoms with E-state index in [1.54, 1.807) is 41.2 Å². The maximum Gasteiger partial charge on any atom is 0.272 e. The van der Waals surface area contributed by atoms with Gasteiger partial charge in [-0.3, -0.25) is 14.6 Å². The zero-order valence-electron chi connectivity index (χ0n) is 17.0. The fourth-order valence-corrected chi connectivity index (χ4v) is 4.13. The third kappa shape index (κ3) is 4.22. The molecule has 3 atom stereocenters. The van der Waals surface area contributed by atoms with Gasteiger partial charge in [-0.05, 0) is 30.2 Å². The molecule has 0 spiro atoms. The second-order valence-corrected chi connectivity index (χ2v) is 7.34. The summed E-state index contributed by atoms with van der Waals surface area (Å²) in [7, 11) is 1.72. The molecule has 1 aliphatic heterocycles. The lowest BCUT2D eigenvalue weighted by Crippen LogP contribution is -2.68. The highest BCUT2D eigenvalue weighted by molar-refractivity contribution is 5.92. The number of likely N-dealkylation sites (tertiary alicyclic amines) is 1. The lowest BCUT2D eigenvalue weighted by atomic mass is 9.74. The normalized spacial score (nSPS) is 21.1. The lowest BCUT2D eigenvalue weighted by molar-refractivity contribution is -0.148. The van der Waals surface area contributed by atoms with E-state index in [0.717, 1.165) is 11.1 Å². The van der Waals surface area contributed by atoms with Gasteiger partial charge in [0.25, 0.3) is 5.91 Å². The number of likely N-dealkylation sites (N-methyl/N-ethyl adjacent to an activating group) is 1. The third-order valence-electron chi connectivity index (χ3n) is 5.47. The Morgan fingerprint density at radius 2 is 1.90 bits per heavy atom. The first kappa shape index (κ1) is 20.7. The molecular formula is C23H27N3O3. The second-order valence-electron chi connectivity index (χ2n) is 7.34. The molecule has 6 heteroatoms. The number of amides is 2. The van der Waals surface area contributed by atoms with Crippen molar-refractivity contribution in [1.82, 2.24) is 14.8 Å². The van der Waals surface area contributed by atoms with E-state index in [2.05, 4.69) is 4.98 Å². The third-order valence-corrected chi connectivity index (χ3v) is 5.47. The van der Waals surface area contributed by atoms with Crippen molar-refractivity contribution in [3.05, 3.63) is 71.6 Å². The van der Waals surface area contributed by atoms with Gasteiger partial charge in [-0.2, -0.15) is 0 Å². The van der Waals surface area contributed by atoms with Crippen LogP contribution in [0.4, 0.5) is 0 Å². The van der Waals surface area contributed by atoms with E-state index in [0.29, 0.717) is 12.2 Å². The number of nitrogens with zero attached hydrogens (tertiary/aromatic N) is 3. The van der Waals surface area contributed by atoms with E-state index < -0.39 is 0 Å². The van der Waals surface area contributed by atoms with Gasteiger partial charge in [0.1, 0.15) is 5.69 Å². The van der Waals surface area contributed by atoms with Gasteiger partial charge in [0.05, 0.1) is 18.7 Å². The van der Waals surface area contributed by atoms with Crippen LogP contribution >= 0.6 is 0 Å². The fourth-order valence-electron chi connectivity index (χ4n) is 4.13. The number of aliphatic hydroxyl groups is 1. The molecular weight excluding hydrogens is 366 g/mol. The van der Waals surface area contributed by atoms with Crippen LogP contribution in [0.25, 0.3) is 6.08 Å². The van der Waals surface area contributed by atoms with E-state index >= 15 is 0 Å². The smallest absolute Gasteiger partial charge is 0.272 e. The molecule has 1 aromatic heterocycles. The minimum atomic E-state index is -0.289. The van der Waals surface area contributed by atoms with Gasteiger partial charge in [-0.1, -0.05) is 42.5 Å². The van der Waals surface area contributed by atoms with Crippen molar-refractivity contribution < 1.29 is 14.7 Å². The van der Waals surface area contributed by atoms with Crippen molar-refractivity contribution in [2.45, 2.75) is 31.8 Å². The molecule has 0 unspecified atom stereocenters. The molecule has 1 N–H and O–H groups in total. The second kappa shape index (κ2) is 9.01. The first-order chi connectivity index (χ1) is 14.0. The standard InChI is InChI=1S/C23H27N3O3/c1-4-7-17-9-11-18(12-10-17)22-20(26(16(2)28)21(22)15-27)14-25(3)23(29)19-8-5-6-13-24-19/h4-13,20-22,27H,14-15H2,1-3H3/b7-4+/t20-,21+,22+/m1/s1. The van der Waals surface area contributed by atoms with Gasteiger partial charge in [-0.15, -0.1) is 0 Å². The molecule has 0 radical (unpaired) electrons. The van der Waals surface area contributed by atoms with Crippen LogP contribution in [0.1, 0.15) is 41.4 Å². The highest BCUT2D eigenvalue weighted by atomic mass is 16.3. The minimum Gasteiger partial charge on any atom is -0.394 e. The highest BCUT2D eigenvalue weighted by Crippen LogP contribution is 2.41. The Labute approximate surface area is 171 Å². The Hall–Kier alpha value is -2.99. The monoisotopic (exact) mass is 393 g/mol. The first-order valence-corrected chi connectivity index (χ1v) is 9.76. The van der Waals surface area contributed by atoms with Gasteiger partial charge >= 0.3 is 0 Å². The Morgan fingerprint density at radius 3 is 2.45 bits per heavy atom. The van der Waals surface area contributed by atoms with Crippen LogP contribution in [0.2, 0.25) is 0 Å². The number of benzene rings is 1. The lowest BCUT2D eigenvalue weighted by Gasteiger charge is -2.55. The van der Waals surface area contributed by atoms with Crippen molar-refractivity contribution in [1.29, 1.82) is 0 Å². The zero-order chi connectivity index (χ0) is 21.0. The largest absolute Gasteiger partial charge is 0.394 e.